The minimum Gasteiger partial charge on any atom is -0.459 e. The van der Waals surface area contributed by atoms with Gasteiger partial charge >= 0.3 is 5.97 Å². The number of ether oxygens (including phenoxy) is 1. The summed E-state index contributed by atoms with van der Waals surface area (Å²) in [6, 6.07) is 4.07. The molecule has 0 aliphatic carbocycles. The molecule has 0 bridgehead atoms. The largest absolute Gasteiger partial charge is 0.459 e. The number of anilines is 1. The van der Waals surface area contributed by atoms with E-state index in [2.05, 4.69) is 0 Å². The second-order valence-corrected chi connectivity index (χ2v) is 5.57. The maximum Gasteiger partial charge on any atom is 0.316 e. The van der Waals surface area contributed by atoms with Crippen molar-refractivity contribution in [2.75, 3.05) is 11.5 Å². The van der Waals surface area contributed by atoms with Crippen molar-refractivity contribution in [3.05, 3.63) is 24.0 Å². The van der Waals surface area contributed by atoms with Crippen LogP contribution in [0.3, 0.4) is 0 Å². The highest BCUT2D eigenvalue weighted by Crippen LogP contribution is 2.26. The molecule has 0 fully saturated rings. The number of esters is 1. The number of carbonyl (C=O) groups excluding carboxylic acids is 1. The zero-order valence-corrected chi connectivity index (χ0v) is 10.9. The summed E-state index contributed by atoms with van der Waals surface area (Å²) in [5, 5.41) is 0. The molecule has 5 heteroatoms. The van der Waals surface area contributed by atoms with E-state index in [1.807, 2.05) is 0 Å². The lowest BCUT2D eigenvalue weighted by molar-refractivity contribution is -0.151. The molecule has 0 aromatic heterocycles. The Morgan fingerprint density at radius 2 is 2.12 bits per heavy atom. The zero-order valence-electron chi connectivity index (χ0n) is 10.1. The Labute approximate surface area is 105 Å². The molecular formula is C12H16FNO2S. The summed E-state index contributed by atoms with van der Waals surface area (Å²) in [6.07, 6.45) is 0. The van der Waals surface area contributed by atoms with Gasteiger partial charge in [-0.05, 0) is 39.0 Å². The summed E-state index contributed by atoms with van der Waals surface area (Å²) in [5.41, 5.74) is 5.61. The van der Waals surface area contributed by atoms with E-state index >= 15 is 0 Å². The van der Waals surface area contributed by atoms with Crippen molar-refractivity contribution >= 4 is 23.4 Å². The van der Waals surface area contributed by atoms with E-state index < -0.39 is 5.60 Å². The van der Waals surface area contributed by atoms with Gasteiger partial charge in [0.1, 0.15) is 11.4 Å². The minimum atomic E-state index is -0.509. The molecule has 0 saturated carbocycles. The normalized spacial score (nSPS) is 11.3. The smallest absolute Gasteiger partial charge is 0.316 e. The zero-order chi connectivity index (χ0) is 13.1. The lowest BCUT2D eigenvalue weighted by atomic mass is 10.2. The molecule has 17 heavy (non-hydrogen) atoms. The molecule has 1 aromatic rings. The van der Waals surface area contributed by atoms with Gasteiger partial charge in [0.15, 0.2) is 0 Å². The molecule has 3 nitrogen and oxygen atoms in total. The number of hydrogen-bond acceptors (Lipinski definition) is 4. The van der Waals surface area contributed by atoms with Gasteiger partial charge in [0.2, 0.25) is 0 Å². The Hall–Kier alpha value is -1.23. The van der Waals surface area contributed by atoms with E-state index in [-0.39, 0.29) is 17.5 Å². The molecule has 94 valence electrons. The predicted octanol–water partition coefficient (Wildman–Crippen LogP) is 2.84. The van der Waals surface area contributed by atoms with Crippen LogP contribution in [0.2, 0.25) is 0 Å². The van der Waals surface area contributed by atoms with E-state index in [0.717, 1.165) is 0 Å². The molecule has 0 heterocycles. The van der Waals surface area contributed by atoms with Crippen LogP contribution < -0.4 is 5.73 Å². The molecular weight excluding hydrogens is 241 g/mol. The van der Waals surface area contributed by atoms with Crippen LogP contribution in [0.4, 0.5) is 10.1 Å². The molecule has 1 rings (SSSR count). The molecule has 0 radical (unpaired) electrons. The maximum atomic E-state index is 13.0. The number of carbonyl (C=O) groups is 1. The lowest BCUT2D eigenvalue weighted by Gasteiger charge is -2.19. The molecule has 0 aliphatic rings. The number of benzene rings is 1. The van der Waals surface area contributed by atoms with Crippen LogP contribution in [0, 0.1) is 5.82 Å². The second kappa shape index (κ2) is 5.40. The average Bonchev–Trinajstić information content (AvgIpc) is 2.17. The summed E-state index contributed by atoms with van der Waals surface area (Å²) in [5.74, 6) is -0.595. The first kappa shape index (κ1) is 13.8. The van der Waals surface area contributed by atoms with Crippen molar-refractivity contribution in [2.24, 2.45) is 0 Å². The highest BCUT2D eigenvalue weighted by Gasteiger charge is 2.16. The van der Waals surface area contributed by atoms with E-state index in [4.69, 9.17) is 10.5 Å². The topological polar surface area (TPSA) is 52.3 Å². The molecule has 0 saturated heterocycles. The van der Waals surface area contributed by atoms with Gasteiger partial charge in [-0.3, -0.25) is 4.79 Å². The van der Waals surface area contributed by atoms with Gasteiger partial charge in [0.25, 0.3) is 0 Å². The van der Waals surface area contributed by atoms with Crippen LogP contribution in [0.25, 0.3) is 0 Å². The van der Waals surface area contributed by atoms with E-state index in [0.29, 0.717) is 10.6 Å². The lowest BCUT2D eigenvalue weighted by Crippen LogP contribution is -2.24. The Kier molecular flexibility index (Phi) is 4.40. The molecule has 0 unspecified atom stereocenters. The van der Waals surface area contributed by atoms with Crippen molar-refractivity contribution in [3.63, 3.8) is 0 Å². The summed E-state index contributed by atoms with van der Waals surface area (Å²) < 4.78 is 18.1. The SMILES string of the molecule is CC(C)(C)OC(=O)CSc1cc(F)ccc1N. The van der Waals surface area contributed by atoms with Gasteiger partial charge < -0.3 is 10.5 Å². The Morgan fingerprint density at radius 1 is 1.47 bits per heavy atom. The quantitative estimate of drug-likeness (QED) is 0.514. The molecule has 1 aromatic carbocycles. The van der Waals surface area contributed by atoms with Gasteiger partial charge in [-0.1, -0.05) is 0 Å². The summed E-state index contributed by atoms with van der Waals surface area (Å²) >= 11 is 1.17. The monoisotopic (exact) mass is 257 g/mol. The minimum absolute atomic E-state index is 0.116. The number of nitrogen functional groups attached to an aromatic ring is 1. The van der Waals surface area contributed by atoms with Crippen molar-refractivity contribution in [3.8, 4) is 0 Å². The third-order valence-electron chi connectivity index (χ3n) is 1.74. The highest BCUT2D eigenvalue weighted by atomic mass is 32.2. The van der Waals surface area contributed by atoms with E-state index in [9.17, 15) is 9.18 Å². The van der Waals surface area contributed by atoms with Crippen LogP contribution in [0.15, 0.2) is 23.1 Å². The Morgan fingerprint density at radius 3 is 2.71 bits per heavy atom. The van der Waals surface area contributed by atoms with Crippen LogP contribution >= 0.6 is 11.8 Å². The first-order valence-corrected chi connectivity index (χ1v) is 6.16. The van der Waals surface area contributed by atoms with Crippen LogP contribution in [0.5, 0.6) is 0 Å². The fourth-order valence-corrected chi connectivity index (χ4v) is 1.90. The fourth-order valence-electron chi connectivity index (χ4n) is 1.14. The van der Waals surface area contributed by atoms with Crippen molar-refractivity contribution in [2.45, 2.75) is 31.3 Å². The third kappa shape index (κ3) is 5.08. The number of thioether (sulfide) groups is 1. The first-order chi connectivity index (χ1) is 7.78. The van der Waals surface area contributed by atoms with Gasteiger partial charge in [0, 0.05) is 10.6 Å². The number of nitrogens with two attached hydrogens (primary N) is 1. The number of hydrogen-bond donors (Lipinski definition) is 1. The van der Waals surface area contributed by atoms with Crippen LogP contribution in [0.1, 0.15) is 20.8 Å². The van der Waals surface area contributed by atoms with Crippen molar-refractivity contribution < 1.29 is 13.9 Å². The number of rotatable bonds is 3. The Balaban J connectivity index is 2.56. The third-order valence-corrected chi connectivity index (χ3v) is 2.79. The number of halogens is 1. The van der Waals surface area contributed by atoms with Crippen molar-refractivity contribution in [1.29, 1.82) is 0 Å². The molecule has 0 aliphatic heterocycles. The van der Waals surface area contributed by atoms with Crippen molar-refractivity contribution in [1.82, 2.24) is 0 Å². The maximum absolute atomic E-state index is 13.0. The standard InChI is InChI=1S/C12H16FNO2S/c1-12(2,3)16-11(15)7-17-10-6-8(13)4-5-9(10)14/h4-6H,7,14H2,1-3H3. The van der Waals surface area contributed by atoms with Crippen LogP contribution in [-0.4, -0.2) is 17.3 Å². The van der Waals surface area contributed by atoms with Gasteiger partial charge in [-0.15, -0.1) is 11.8 Å². The molecule has 2 N–H and O–H groups in total. The molecule has 0 spiro atoms. The van der Waals surface area contributed by atoms with E-state index in [1.54, 1.807) is 20.8 Å². The summed E-state index contributed by atoms with van der Waals surface area (Å²) in [7, 11) is 0. The summed E-state index contributed by atoms with van der Waals surface area (Å²) in [4.78, 5) is 12.0. The van der Waals surface area contributed by atoms with Gasteiger partial charge in [0.05, 0.1) is 5.75 Å². The second-order valence-electron chi connectivity index (χ2n) is 4.56. The van der Waals surface area contributed by atoms with Gasteiger partial charge in [-0.25, -0.2) is 4.39 Å². The Bertz CT molecular complexity index is 415. The average molecular weight is 257 g/mol. The van der Waals surface area contributed by atoms with Gasteiger partial charge in [-0.2, -0.15) is 0 Å². The molecule has 0 atom stereocenters. The highest BCUT2D eigenvalue weighted by molar-refractivity contribution is 8.00. The fraction of sp³-hybridized carbons (Fsp3) is 0.417. The first-order valence-electron chi connectivity index (χ1n) is 5.17. The van der Waals surface area contributed by atoms with Crippen LogP contribution in [-0.2, 0) is 9.53 Å². The molecule has 0 amide bonds. The predicted molar refractivity (Wildman–Crippen MR) is 67.4 cm³/mol. The summed E-state index contributed by atoms with van der Waals surface area (Å²) in [6.45, 7) is 5.39. The van der Waals surface area contributed by atoms with E-state index in [1.165, 1.54) is 30.0 Å².